The molecule has 1 aliphatic carbocycles. The molecule has 0 saturated heterocycles. The fourth-order valence-electron chi connectivity index (χ4n) is 3.27. The van der Waals surface area contributed by atoms with Crippen molar-refractivity contribution >= 4 is 15.9 Å². The fourth-order valence-corrected chi connectivity index (χ4v) is 3.70. The molecule has 1 unspecified atom stereocenters. The quantitative estimate of drug-likeness (QED) is 0.818. The van der Waals surface area contributed by atoms with Crippen molar-refractivity contribution in [3.63, 3.8) is 0 Å². The van der Waals surface area contributed by atoms with Gasteiger partial charge in [0.2, 0.25) is 0 Å². The highest BCUT2D eigenvalue weighted by atomic mass is 79.9. The van der Waals surface area contributed by atoms with Gasteiger partial charge >= 0.3 is 0 Å². The summed E-state index contributed by atoms with van der Waals surface area (Å²) in [5.41, 5.74) is 1.56. The van der Waals surface area contributed by atoms with Crippen LogP contribution in [0.4, 0.5) is 4.39 Å². The summed E-state index contributed by atoms with van der Waals surface area (Å²) >= 11 is 3.38. The molecule has 2 rings (SSSR count). The number of hydrogen-bond donors (Lipinski definition) is 1. The highest BCUT2D eigenvalue weighted by Gasteiger charge is 2.31. The molecular weight excluding hydrogens is 317 g/mol. The largest absolute Gasteiger partial charge is 0.316 e. The van der Waals surface area contributed by atoms with Gasteiger partial charge in [-0.3, -0.25) is 0 Å². The minimum Gasteiger partial charge on any atom is -0.316 e. The van der Waals surface area contributed by atoms with E-state index in [2.05, 4.69) is 35.1 Å². The van der Waals surface area contributed by atoms with E-state index in [-0.39, 0.29) is 5.82 Å². The fraction of sp³-hybridized carbons (Fsp3) is 0.647. The Kier molecular flexibility index (Phi) is 5.25. The van der Waals surface area contributed by atoms with E-state index in [0.717, 1.165) is 12.0 Å². The zero-order valence-corrected chi connectivity index (χ0v) is 14.3. The molecule has 1 nitrogen and oxygen atoms in total. The average molecular weight is 342 g/mol. The summed E-state index contributed by atoms with van der Waals surface area (Å²) < 4.78 is 14.2. The third-order valence-corrected chi connectivity index (χ3v) is 5.68. The Balaban J connectivity index is 2.04. The zero-order valence-electron chi connectivity index (χ0n) is 12.7. The highest BCUT2D eigenvalue weighted by Crippen LogP contribution is 2.40. The van der Waals surface area contributed by atoms with Gasteiger partial charge in [0.15, 0.2) is 0 Å². The normalized spacial score (nSPS) is 20.9. The summed E-state index contributed by atoms with van der Waals surface area (Å²) in [7, 11) is 2.03. The van der Waals surface area contributed by atoms with Gasteiger partial charge in [0.1, 0.15) is 5.82 Å². The van der Waals surface area contributed by atoms with Gasteiger partial charge in [0, 0.05) is 6.04 Å². The predicted octanol–water partition coefficient (Wildman–Crippen LogP) is 4.94. The van der Waals surface area contributed by atoms with Gasteiger partial charge in [-0.25, -0.2) is 4.39 Å². The summed E-state index contributed by atoms with van der Waals surface area (Å²) in [4.78, 5) is 0. The van der Waals surface area contributed by atoms with Gasteiger partial charge in [-0.1, -0.05) is 26.0 Å². The molecule has 1 aliphatic rings. The van der Waals surface area contributed by atoms with Crippen molar-refractivity contribution in [3.05, 3.63) is 34.1 Å². The first-order valence-corrected chi connectivity index (χ1v) is 8.32. The lowest BCUT2D eigenvalue weighted by atomic mass is 9.70. The minimum absolute atomic E-state index is 0.165. The van der Waals surface area contributed by atoms with Crippen LogP contribution in [-0.4, -0.2) is 13.1 Å². The molecule has 1 atom stereocenters. The van der Waals surface area contributed by atoms with Crippen LogP contribution in [0, 0.1) is 17.2 Å². The predicted molar refractivity (Wildman–Crippen MR) is 86.4 cm³/mol. The first-order valence-electron chi connectivity index (χ1n) is 7.53. The second-order valence-corrected chi connectivity index (χ2v) is 7.61. The minimum atomic E-state index is -0.165. The van der Waals surface area contributed by atoms with Crippen LogP contribution in [0.25, 0.3) is 0 Å². The van der Waals surface area contributed by atoms with Crippen LogP contribution in [0.2, 0.25) is 0 Å². The van der Waals surface area contributed by atoms with E-state index in [9.17, 15) is 4.39 Å². The van der Waals surface area contributed by atoms with Gasteiger partial charge in [0.05, 0.1) is 4.47 Å². The lowest BCUT2D eigenvalue weighted by Gasteiger charge is -2.38. The molecule has 1 aromatic rings. The van der Waals surface area contributed by atoms with Crippen molar-refractivity contribution in [2.24, 2.45) is 11.3 Å². The molecule has 1 N–H and O–H groups in total. The van der Waals surface area contributed by atoms with E-state index in [1.807, 2.05) is 13.1 Å². The molecule has 0 radical (unpaired) electrons. The molecule has 1 fully saturated rings. The highest BCUT2D eigenvalue weighted by molar-refractivity contribution is 9.10. The van der Waals surface area contributed by atoms with Crippen LogP contribution in [0.1, 0.15) is 45.1 Å². The summed E-state index contributed by atoms with van der Waals surface area (Å²) in [5.74, 6) is 0.533. The van der Waals surface area contributed by atoms with Gasteiger partial charge in [0.25, 0.3) is 0 Å². The Labute approximate surface area is 130 Å². The molecule has 1 aromatic carbocycles. The molecule has 0 spiro atoms. The third kappa shape index (κ3) is 3.82. The Hall–Kier alpha value is -0.410. The molecule has 0 aromatic heterocycles. The molecule has 3 heteroatoms. The Morgan fingerprint density at radius 3 is 2.60 bits per heavy atom. The number of benzene rings is 1. The van der Waals surface area contributed by atoms with Crippen LogP contribution in [0.15, 0.2) is 22.7 Å². The van der Waals surface area contributed by atoms with Crippen LogP contribution in [0.5, 0.6) is 0 Å². The third-order valence-electron chi connectivity index (χ3n) is 4.80. The van der Waals surface area contributed by atoms with Crippen molar-refractivity contribution in [2.75, 3.05) is 7.05 Å². The van der Waals surface area contributed by atoms with Crippen LogP contribution < -0.4 is 5.32 Å². The zero-order chi connectivity index (χ0) is 14.8. The molecule has 1 saturated carbocycles. The first kappa shape index (κ1) is 16.0. The van der Waals surface area contributed by atoms with E-state index in [0.29, 0.717) is 21.8 Å². The van der Waals surface area contributed by atoms with Crippen LogP contribution >= 0.6 is 15.9 Å². The van der Waals surface area contributed by atoms with E-state index in [4.69, 9.17) is 0 Å². The lowest BCUT2D eigenvalue weighted by Crippen LogP contribution is -2.39. The van der Waals surface area contributed by atoms with Crippen molar-refractivity contribution in [2.45, 2.75) is 52.0 Å². The van der Waals surface area contributed by atoms with Crippen molar-refractivity contribution in [1.82, 2.24) is 5.32 Å². The summed E-state index contributed by atoms with van der Waals surface area (Å²) in [5, 5.41) is 3.45. The van der Waals surface area contributed by atoms with Crippen molar-refractivity contribution in [1.29, 1.82) is 0 Å². The van der Waals surface area contributed by atoms with E-state index in [1.165, 1.54) is 31.7 Å². The Morgan fingerprint density at radius 1 is 1.35 bits per heavy atom. The molecule has 0 aliphatic heterocycles. The summed E-state index contributed by atoms with van der Waals surface area (Å²) in [6.07, 6.45) is 6.01. The van der Waals surface area contributed by atoms with Gasteiger partial charge < -0.3 is 5.32 Å². The molecular formula is C17H25BrFN. The van der Waals surface area contributed by atoms with Crippen molar-refractivity contribution in [3.8, 4) is 0 Å². The average Bonchev–Trinajstić information content (AvgIpc) is 2.41. The van der Waals surface area contributed by atoms with Gasteiger partial charge in [-0.2, -0.15) is 0 Å². The summed E-state index contributed by atoms with van der Waals surface area (Å²) in [6.45, 7) is 4.72. The maximum atomic E-state index is 13.6. The maximum Gasteiger partial charge on any atom is 0.137 e. The number of likely N-dealkylation sites (N-methyl/N-ethyl adjacent to an activating group) is 1. The molecule has 0 bridgehead atoms. The number of nitrogens with one attached hydrogen (secondary N) is 1. The molecule has 0 heterocycles. The smallest absolute Gasteiger partial charge is 0.137 e. The topological polar surface area (TPSA) is 12.0 Å². The molecule has 20 heavy (non-hydrogen) atoms. The molecule has 112 valence electrons. The van der Waals surface area contributed by atoms with Crippen LogP contribution in [0.3, 0.4) is 0 Å². The van der Waals surface area contributed by atoms with E-state index in [1.54, 1.807) is 6.07 Å². The van der Waals surface area contributed by atoms with E-state index >= 15 is 0 Å². The Bertz CT molecular complexity index is 448. The first-order chi connectivity index (χ1) is 9.43. The Morgan fingerprint density at radius 2 is 2.00 bits per heavy atom. The molecule has 0 amide bonds. The van der Waals surface area contributed by atoms with E-state index < -0.39 is 0 Å². The summed E-state index contributed by atoms with van der Waals surface area (Å²) in [6, 6.07) is 5.76. The monoisotopic (exact) mass is 341 g/mol. The van der Waals surface area contributed by atoms with Gasteiger partial charge in [-0.05, 0) is 78.0 Å². The lowest BCUT2D eigenvalue weighted by molar-refractivity contribution is 0.163. The number of halogens is 2. The van der Waals surface area contributed by atoms with Crippen LogP contribution in [-0.2, 0) is 6.42 Å². The standard InChI is InChI=1S/C17H25BrFN/c1-17(2)9-7-12(8-10-17)15(20-3)11-13-5-4-6-14(19)16(13)18/h4-6,12,15,20H,7-11H2,1-3H3. The number of rotatable bonds is 4. The second kappa shape index (κ2) is 6.57. The number of hydrogen-bond acceptors (Lipinski definition) is 1. The van der Waals surface area contributed by atoms with Gasteiger partial charge in [-0.15, -0.1) is 0 Å². The SMILES string of the molecule is CNC(Cc1cccc(F)c1Br)C1CCC(C)(C)CC1. The second-order valence-electron chi connectivity index (χ2n) is 6.81. The van der Waals surface area contributed by atoms with Crippen molar-refractivity contribution < 1.29 is 4.39 Å². The maximum absolute atomic E-state index is 13.6.